The Bertz CT molecular complexity index is 608. The second kappa shape index (κ2) is 23.9. The largest absolute Gasteiger partial charge is 0.507 e. The third-order valence-electron chi connectivity index (χ3n) is 6.67. The summed E-state index contributed by atoms with van der Waals surface area (Å²) in [5.41, 5.74) is 1.47. The van der Waals surface area contributed by atoms with E-state index >= 15 is 0 Å². The fraction of sp³-hybridized carbons (Fsp3) is 0.812. The summed E-state index contributed by atoms with van der Waals surface area (Å²) in [6, 6.07) is 5.57. The molecule has 1 N–H and O–H groups in total. The van der Waals surface area contributed by atoms with E-state index in [1.807, 2.05) is 12.1 Å². The summed E-state index contributed by atoms with van der Waals surface area (Å²) in [7, 11) is 0. The van der Waals surface area contributed by atoms with Crippen molar-refractivity contribution >= 4 is 0 Å². The maximum atomic E-state index is 11.0. The highest BCUT2D eigenvalue weighted by molar-refractivity contribution is 5.41. The van der Waals surface area contributed by atoms with Crippen LogP contribution < -0.4 is 0 Å². The molecule has 216 valence electrons. The molecule has 0 heterocycles. The lowest BCUT2D eigenvalue weighted by molar-refractivity contribution is -0.164. The molecule has 0 fully saturated rings. The number of hydrogen-bond donors (Lipinski definition) is 1. The predicted molar refractivity (Wildman–Crippen MR) is 154 cm³/mol. The Hall–Kier alpha value is -1.14. The maximum absolute atomic E-state index is 11.0. The molecule has 37 heavy (non-hydrogen) atoms. The number of phenolic OH excluding ortho intramolecular Hbond substituents is 1. The lowest BCUT2D eigenvalue weighted by atomic mass is 10.0. The zero-order chi connectivity index (χ0) is 27.0. The van der Waals surface area contributed by atoms with E-state index in [1.54, 1.807) is 6.07 Å². The van der Waals surface area contributed by atoms with Crippen LogP contribution >= 0.6 is 0 Å². The number of hydrogen-bond acceptors (Lipinski definition) is 5. The highest BCUT2D eigenvalue weighted by Gasteiger charge is 2.26. The average Bonchev–Trinajstić information content (AvgIpc) is 2.90. The van der Waals surface area contributed by atoms with E-state index in [9.17, 15) is 5.11 Å². The van der Waals surface area contributed by atoms with Crippen LogP contribution in [0.1, 0.15) is 154 Å². The lowest BCUT2D eigenvalue weighted by Gasteiger charge is -2.27. The first-order chi connectivity index (χ1) is 18.2. The Morgan fingerprint density at radius 2 is 0.892 bits per heavy atom. The average molecular weight is 523 g/mol. The fourth-order valence-electron chi connectivity index (χ4n) is 4.35. The number of benzene rings is 1. The zero-order valence-electron chi connectivity index (χ0n) is 24.6. The van der Waals surface area contributed by atoms with Crippen molar-refractivity contribution in [3.05, 3.63) is 29.3 Å². The van der Waals surface area contributed by atoms with Gasteiger partial charge in [0.15, 0.2) is 12.6 Å². The number of aromatic hydroxyl groups is 1. The molecule has 1 aromatic carbocycles. The molecule has 0 aliphatic heterocycles. The normalized spacial score (nSPS) is 11.7. The monoisotopic (exact) mass is 522 g/mol. The van der Waals surface area contributed by atoms with Gasteiger partial charge in [0.05, 0.1) is 32.0 Å². The van der Waals surface area contributed by atoms with E-state index in [2.05, 4.69) is 27.7 Å². The van der Waals surface area contributed by atoms with Crippen molar-refractivity contribution in [2.24, 2.45) is 0 Å². The Labute approximate surface area is 228 Å². The van der Waals surface area contributed by atoms with Gasteiger partial charge in [-0.05, 0) is 31.7 Å². The molecule has 0 aromatic heterocycles. The summed E-state index contributed by atoms with van der Waals surface area (Å²) in [6.45, 7) is 11.3. The molecule has 0 spiro atoms. The highest BCUT2D eigenvalue weighted by Crippen LogP contribution is 2.37. The van der Waals surface area contributed by atoms with Gasteiger partial charge in [0.1, 0.15) is 5.75 Å². The smallest absolute Gasteiger partial charge is 0.187 e. The van der Waals surface area contributed by atoms with Crippen molar-refractivity contribution in [1.82, 2.24) is 0 Å². The van der Waals surface area contributed by atoms with Gasteiger partial charge < -0.3 is 24.1 Å². The van der Waals surface area contributed by atoms with Crippen molar-refractivity contribution in [3.63, 3.8) is 0 Å². The summed E-state index contributed by atoms with van der Waals surface area (Å²) in [5, 5.41) is 11.0. The molecule has 1 rings (SSSR count). The number of rotatable bonds is 26. The van der Waals surface area contributed by atoms with Gasteiger partial charge in [0.2, 0.25) is 0 Å². The van der Waals surface area contributed by atoms with Gasteiger partial charge in [0.25, 0.3) is 0 Å². The summed E-state index contributed by atoms with van der Waals surface area (Å²) < 4.78 is 25.1. The molecule has 0 atom stereocenters. The first-order valence-corrected chi connectivity index (χ1v) is 15.5. The number of phenols is 1. The van der Waals surface area contributed by atoms with Gasteiger partial charge in [-0.1, -0.05) is 117 Å². The second-order valence-corrected chi connectivity index (χ2v) is 10.2. The first kappa shape index (κ1) is 33.9. The van der Waals surface area contributed by atoms with E-state index in [1.165, 1.54) is 51.4 Å². The van der Waals surface area contributed by atoms with Gasteiger partial charge in [-0.15, -0.1) is 0 Å². The number of ether oxygens (including phenoxy) is 4. The molecule has 0 radical (unpaired) electrons. The van der Waals surface area contributed by atoms with Crippen LogP contribution in [-0.4, -0.2) is 31.5 Å². The molecular weight excluding hydrogens is 464 g/mol. The van der Waals surface area contributed by atoms with Crippen molar-refractivity contribution in [3.8, 4) is 5.75 Å². The van der Waals surface area contributed by atoms with Crippen LogP contribution in [-0.2, 0) is 18.9 Å². The van der Waals surface area contributed by atoms with Crippen molar-refractivity contribution in [2.45, 2.75) is 143 Å². The van der Waals surface area contributed by atoms with E-state index in [4.69, 9.17) is 18.9 Å². The predicted octanol–water partition coefficient (Wildman–Crippen LogP) is 9.78. The zero-order valence-corrected chi connectivity index (χ0v) is 24.6. The van der Waals surface area contributed by atoms with E-state index in [0.717, 1.165) is 56.9 Å². The summed E-state index contributed by atoms with van der Waals surface area (Å²) in [4.78, 5) is 0. The van der Waals surface area contributed by atoms with Crippen LogP contribution in [0.3, 0.4) is 0 Å². The molecule has 1 aromatic rings. The molecule has 5 nitrogen and oxygen atoms in total. The summed E-state index contributed by atoms with van der Waals surface area (Å²) in [6.07, 6.45) is 17.0. The first-order valence-electron chi connectivity index (χ1n) is 15.5. The molecule has 0 aliphatic carbocycles. The van der Waals surface area contributed by atoms with E-state index in [-0.39, 0.29) is 5.75 Å². The van der Waals surface area contributed by atoms with Gasteiger partial charge in [-0.3, -0.25) is 0 Å². The van der Waals surface area contributed by atoms with Crippen LogP contribution in [0.15, 0.2) is 18.2 Å². The lowest BCUT2D eigenvalue weighted by Crippen LogP contribution is -2.18. The topological polar surface area (TPSA) is 57.2 Å². The highest BCUT2D eigenvalue weighted by atomic mass is 16.7. The van der Waals surface area contributed by atoms with Gasteiger partial charge in [0, 0.05) is 5.56 Å². The second-order valence-electron chi connectivity index (χ2n) is 10.2. The molecule has 0 unspecified atom stereocenters. The Balaban J connectivity index is 3.04. The Morgan fingerprint density at radius 3 is 1.27 bits per heavy atom. The fourth-order valence-corrected chi connectivity index (χ4v) is 4.35. The summed E-state index contributed by atoms with van der Waals surface area (Å²) in [5.74, 6) is 0.179. The SMILES string of the molecule is CCCCCCOC(OCCCCCC)c1cccc(O)c1C(OCCCCCC)OCCCCCC. The molecule has 0 saturated heterocycles. The Kier molecular flexibility index (Phi) is 21.9. The van der Waals surface area contributed by atoms with Crippen LogP contribution in [0.5, 0.6) is 5.75 Å². The third kappa shape index (κ3) is 15.8. The van der Waals surface area contributed by atoms with Crippen LogP contribution in [0.4, 0.5) is 0 Å². The van der Waals surface area contributed by atoms with Crippen molar-refractivity contribution < 1.29 is 24.1 Å². The Morgan fingerprint density at radius 1 is 0.514 bits per heavy atom. The maximum Gasteiger partial charge on any atom is 0.187 e. The minimum Gasteiger partial charge on any atom is -0.507 e. The van der Waals surface area contributed by atoms with Gasteiger partial charge in [-0.25, -0.2) is 0 Å². The molecule has 0 bridgehead atoms. The third-order valence-corrected chi connectivity index (χ3v) is 6.67. The summed E-state index contributed by atoms with van der Waals surface area (Å²) >= 11 is 0. The van der Waals surface area contributed by atoms with Crippen molar-refractivity contribution in [1.29, 1.82) is 0 Å². The van der Waals surface area contributed by atoms with E-state index in [0.29, 0.717) is 32.0 Å². The van der Waals surface area contributed by atoms with Gasteiger partial charge >= 0.3 is 0 Å². The molecule has 0 aliphatic rings. The van der Waals surface area contributed by atoms with Crippen molar-refractivity contribution in [2.75, 3.05) is 26.4 Å². The quantitative estimate of drug-likeness (QED) is 0.0969. The van der Waals surface area contributed by atoms with Crippen LogP contribution in [0, 0.1) is 0 Å². The van der Waals surface area contributed by atoms with E-state index < -0.39 is 12.6 Å². The van der Waals surface area contributed by atoms with Crippen LogP contribution in [0.2, 0.25) is 0 Å². The minimum atomic E-state index is -0.630. The molecule has 0 amide bonds. The molecular formula is C32H58O5. The van der Waals surface area contributed by atoms with Gasteiger partial charge in [-0.2, -0.15) is 0 Å². The standard InChI is InChI=1S/C32H58O5/c1-5-9-13-17-24-34-31(35-25-18-14-10-6-2)28-22-21-23-29(33)30(28)32(36-26-19-15-11-7-3)37-27-20-16-12-8-4/h21-23,31-33H,5-20,24-27H2,1-4H3. The van der Waals surface area contributed by atoms with Crippen LogP contribution in [0.25, 0.3) is 0 Å². The minimum absolute atomic E-state index is 0.179. The molecule has 0 saturated carbocycles. The molecule has 5 heteroatoms. The number of unbranched alkanes of at least 4 members (excludes halogenated alkanes) is 12.